The number of benzene rings is 2. The van der Waals surface area contributed by atoms with E-state index in [9.17, 15) is 19.7 Å². The maximum absolute atomic E-state index is 12.3. The van der Waals surface area contributed by atoms with E-state index < -0.39 is 22.9 Å². The fraction of sp³-hybridized carbons (Fsp3) is 0.300. The number of nitro benzene ring substituents is 1. The molecule has 0 aliphatic heterocycles. The van der Waals surface area contributed by atoms with Crippen molar-refractivity contribution in [1.29, 1.82) is 0 Å². The van der Waals surface area contributed by atoms with Crippen molar-refractivity contribution < 1.29 is 24.0 Å². The molecule has 2 aromatic rings. The first-order valence-corrected chi connectivity index (χ1v) is 8.87. The molecule has 2 aromatic carbocycles. The summed E-state index contributed by atoms with van der Waals surface area (Å²) in [5, 5.41) is 13.8. The summed E-state index contributed by atoms with van der Waals surface area (Å²) < 4.78 is 10.3. The molecule has 1 amide bonds. The monoisotopic (exact) mass is 386 g/mol. The molecule has 0 aromatic heterocycles. The Morgan fingerprint density at radius 2 is 1.82 bits per heavy atom. The van der Waals surface area contributed by atoms with Gasteiger partial charge in [0.25, 0.3) is 5.91 Å². The van der Waals surface area contributed by atoms with Crippen molar-refractivity contribution in [3.63, 3.8) is 0 Å². The second kappa shape index (κ2) is 9.50. The molecular formula is C20H22N2O6. The van der Waals surface area contributed by atoms with Crippen molar-refractivity contribution in [2.45, 2.75) is 33.3 Å². The number of nitrogens with zero attached hydrogens (tertiary/aromatic N) is 1. The molecule has 148 valence electrons. The Labute approximate surface area is 162 Å². The van der Waals surface area contributed by atoms with Crippen molar-refractivity contribution in [3.8, 4) is 5.75 Å². The minimum absolute atomic E-state index is 0.0397. The molecule has 0 saturated heterocycles. The Kier molecular flexibility index (Phi) is 7.08. The predicted octanol–water partition coefficient (Wildman–Crippen LogP) is 3.74. The summed E-state index contributed by atoms with van der Waals surface area (Å²) in [6.07, 6.45) is -0.194. The van der Waals surface area contributed by atoms with Crippen LogP contribution in [0.5, 0.6) is 5.75 Å². The van der Waals surface area contributed by atoms with Gasteiger partial charge < -0.3 is 14.8 Å². The first kappa shape index (κ1) is 20.9. The molecule has 2 rings (SSSR count). The van der Waals surface area contributed by atoms with Gasteiger partial charge in [-0.2, -0.15) is 0 Å². The van der Waals surface area contributed by atoms with E-state index in [1.807, 2.05) is 19.1 Å². The molecule has 0 fully saturated rings. The SMILES string of the molecule is CCOc1ccc(C(=O)O[C@H](C)C(=O)Nc2ccc(CC)cc2)cc1[N+](=O)[O-]. The average Bonchev–Trinajstić information content (AvgIpc) is 2.68. The molecule has 0 heterocycles. The highest BCUT2D eigenvalue weighted by Gasteiger charge is 2.23. The molecule has 0 spiro atoms. The van der Waals surface area contributed by atoms with Crippen LogP contribution in [-0.2, 0) is 16.0 Å². The van der Waals surface area contributed by atoms with E-state index in [-0.39, 0.29) is 23.6 Å². The number of ether oxygens (including phenoxy) is 2. The van der Waals surface area contributed by atoms with Crippen molar-refractivity contribution >= 4 is 23.3 Å². The van der Waals surface area contributed by atoms with E-state index in [4.69, 9.17) is 9.47 Å². The van der Waals surface area contributed by atoms with Crippen LogP contribution >= 0.6 is 0 Å². The van der Waals surface area contributed by atoms with Gasteiger partial charge in [0.15, 0.2) is 11.9 Å². The standard InChI is InChI=1S/C20H22N2O6/c1-4-14-6-9-16(10-7-14)21-19(23)13(3)28-20(24)15-8-11-18(27-5-2)17(12-15)22(25)26/h6-13H,4-5H2,1-3H3,(H,21,23)/t13-/m1/s1. The zero-order valence-corrected chi connectivity index (χ0v) is 15.9. The van der Waals surface area contributed by atoms with E-state index >= 15 is 0 Å². The van der Waals surface area contributed by atoms with Crippen molar-refractivity contribution in [2.75, 3.05) is 11.9 Å². The molecule has 0 aliphatic rings. The number of esters is 1. The molecule has 28 heavy (non-hydrogen) atoms. The Balaban J connectivity index is 2.05. The van der Waals surface area contributed by atoms with Crippen molar-refractivity contribution in [2.24, 2.45) is 0 Å². The number of rotatable bonds is 8. The highest BCUT2D eigenvalue weighted by atomic mass is 16.6. The van der Waals surface area contributed by atoms with Crippen LogP contribution in [0.1, 0.15) is 36.7 Å². The van der Waals surface area contributed by atoms with E-state index in [1.165, 1.54) is 19.1 Å². The third kappa shape index (κ3) is 5.29. The summed E-state index contributed by atoms with van der Waals surface area (Å²) in [5.41, 5.74) is 1.34. The molecule has 0 unspecified atom stereocenters. The molecule has 0 saturated carbocycles. The number of carbonyl (C=O) groups excluding carboxylic acids is 2. The quantitative estimate of drug-likeness (QED) is 0.421. The van der Waals surface area contributed by atoms with Gasteiger partial charge in [-0.05, 0) is 50.1 Å². The van der Waals surface area contributed by atoms with Gasteiger partial charge in [0.05, 0.1) is 17.1 Å². The molecule has 1 N–H and O–H groups in total. The topological polar surface area (TPSA) is 108 Å². The van der Waals surface area contributed by atoms with Crippen molar-refractivity contribution in [3.05, 3.63) is 63.7 Å². The lowest BCUT2D eigenvalue weighted by molar-refractivity contribution is -0.385. The summed E-state index contributed by atoms with van der Waals surface area (Å²) >= 11 is 0. The summed E-state index contributed by atoms with van der Waals surface area (Å²) in [7, 11) is 0. The normalized spacial score (nSPS) is 11.4. The van der Waals surface area contributed by atoms with Gasteiger partial charge in [0.1, 0.15) is 0 Å². The van der Waals surface area contributed by atoms with Crippen LogP contribution in [0.4, 0.5) is 11.4 Å². The van der Waals surface area contributed by atoms with Crippen LogP contribution in [0, 0.1) is 10.1 Å². The fourth-order valence-corrected chi connectivity index (χ4v) is 2.41. The van der Waals surface area contributed by atoms with E-state index in [0.29, 0.717) is 5.69 Å². The van der Waals surface area contributed by atoms with Crippen LogP contribution in [0.2, 0.25) is 0 Å². The molecule has 0 radical (unpaired) electrons. The van der Waals surface area contributed by atoms with E-state index in [0.717, 1.165) is 18.1 Å². The van der Waals surface area contributed by atoms with Gasteiger partial charge >= 0.3 is 11.7 Å². The largest absolute Gasteiger partial charge is 0.487 e. The second-order valence-corrected chi connectivity index (χ2v) is 5.96. The number of aryl methyl sites for hydroxylation is 1. The summed E-state index contributed by atoms with van der Waals surface area (Å²) in [6.45, 7) is 5.40. The maximum Gasteiger partial charge on any atom is 0.339 e. The van der Waals surface area contributed by atoms with Gasteiger partial charge in [-0.15, -0.1) is 0 Å². The number of nitro groups is 1. The first-order chi connectivity index (χ1) is 13.3. The summed E-state index contributed by atoms with van der Waals surface area (Å²) in [4.78, 5) is 35.0. The number of anilines is 1. The van der Waals surface area contributed by atoms with Crippen LogP contribution < -0.4 is 10.1 Å². The Bertz CT molecular complexity index is 863. The van der Waals surface area contributed by atoms with Gasteiger partial charge in [0.2, 0.25) is 0 Å². The third-order valence-electron chi connectivity index (χ3n) is 3.97. The zero-order valence-electron chi connectivity index (χ0n) is 15.9. The molecule has 0 bridgehead atoms. The third-order valence-corrected chi connectivity index (χ3v) is 3.97. The highest BCUT2D eigenvalue weighted by molar-refractivity contribution is 5.97. The second-order valence-electron chi connectivity index (χ2n) is 5.96. The minimum Gasteiger partial charge on any atom is -0.487 e. The first-order valence-electron chi connectivity index (χ1n) is 8.87. The number of hydrogen-bond acceptors (Lipinski definition) is 6. The molecule has 8 nitrogen and oxygen atoms in total. The number of carbonyl (C=O) groups is 2. The maximum atomic E-state index is 12.3. The summed E-state index contributed by atoms with van der Waals surface area (Å²) in [6, 6.07) is 11.1. The van der Waals surface area contributed by atoms with Gasteiger partial charge in [0, 0.05) is 11.8 Å². The van der Waals surface area contributed by atoms with E-state index in [1.54, 1.807) is 19.1 Å². The Morgan fingerprint density at radius 1 is 1.14 bits per heavy atom. The molecule has 0 aliphatic carbocycles. The lowest BCUT2D eigenvalue weighted by atomic mass is 10.1. The Hall–Kier alpha value is -3.42. The molecule has 1 atom stereocenters. The van der Waals surface area contributed by atoms with Crippen molar-refractivity contribution in [1.82, 2.24) is 0 Å². The van der Waals surface area contributed by atoms with Gasteiger partial charge in [-0.1, -0.05) is 19.1 Å². The number of hydrogen-bond donors (Lipinski definition) is 1. The predicted molar refractivity (Wildman–Crippen MR) is 104 cm³/mol. The lowest BCUT2D eigenvalue weighted by Gasteiger charge is -2.14. The summed E-state index contributed by atoms with van der Waals surface area (Å²) in [5.74, 6) is -1.28. The van der Waals surface area contributed by atoms with Gasteiger partial charge in [-0.3, -0.25) is 14.9 Å². The highest BCUT2D eigenvalue weighted by Crippen LogP contribution is 2.28. The number of nitrogens with one attached hydrogen (secondary N) is 1. The molecule has 8 heteroatoms. The van der Waals surface area contributed by atoms with Crippen LogP contribution in [0.25, 0.3) is 0 Å². The van der Waals surface area contributed by atoms with Crippen LogP contribution in [0.15, 0.2) is 42.5 Å². The zero-order chi connectivity index (χ0) is 20.7. The minimum atomic E-state index is -1.08. The smallest absolute Gasteiger partial charge is 0.339 e. The van der Waals surface area contributed by atoms with Crippen LogP contribution in [-0.4, -0.2) is 29.5 Å². The lowest BCUT2D eigenvalue weighted by Crippen LogP contribution is -2.30. The Morgan fingerprint density at radius 3 is 2.39 bits per heavy atom. The van der Waals surface area contributed by atoms with Crippen LogP contribution in [0.3, 0.4) is 0 Å². The van der Waals surface area contributed by atoms with Gasteiger partial charge in [-0.25, -0.2) is 4.79 Å². The molecular weight excluding hydrogens is 364 g/mol. The fourth-order valence-electron chi connectivity index (χ4n) is 2.41. The number of amides is 1. The van der Waals surface area contributed by atoms with E-state index in [2.05, 4.69) is 5.32 Å². The average molecular weight is 386 g/mol.